The predicted octanol–water partition coefficient (Wildman–Crippen LogP) is 4.87. The van der Waals surface area contributed by atoms with Gasteiger partial charge in [0, 0.05) is 0 Å². The fourth-order valence-electron chi connectivity index (χ4n) is 2.21. The molecule has 0 fully saturated rings. The standard InChI is InChI=1S/C16H34O3Si/c1-5-9-11-15(7-3)13-18-20(17)19-14-16(8-4)12-10-6-2/h15-16H,5-14H2,1-4H3. The van der Waals surface area contributed by atoms with Gasteiger partial charge in [0.05, 0.1) is 13.2 Å². The van der Waals surface area contributed by atoms with Crippen LogP contribution in [0.4, 0.5) is 0 Å². The molecule has 120 valence electrons. The van der Waals surface area contributed by atoms with Crippen molar-refractivity contribution in [2.45, 2.75) is 79.1 Å². The summed E-state index contributed by atoms with van der Waals surface area (Å²) in [5, 5.41) is 0. The second kappa shape index (κ2) is 13.6. The van der Waals surface area contributed by atoms with E-state index in [-0.39, 0.29) is 0 Å². The summed E-state index contributed by atoms with van der Waals surface area (Å²) in [6, 6.07) is 0. The van der Waals surface area contributed by atoms with Crippen LogP contribution in [-0.2, 0) is 13.3 Å². The molecule has 0 bridgehead atoms. The fraction of sp³-hybridized carbons (Fsp3) is 1.00. The van der Waals surface area contributed by atoms with Gasteiger partial charge in [0.2, 0.25) is 0 Å². The zero-order valence-electron chi connectivity index (χ0n) is 14.0. The Bertz CT molecular complexity index is 212. The first kappa shape index (κ1) is 19.6. The minimum absolute atomic E-state index is 0.523. The minimum Gasteiger partial charge on any atom is -0.496 e. The van der Waals surface area contributed by atoms with Crippen LogP contribution in [0, 0.1) is 11.8 Å². The van der Waals surface area contributed by atoms with Gasteiger partial charge < -0.3 is 8.85 Å². The number of unbranched alkanes of at least 4 members (excludes halogenated alkanes) is 2. The molecule has 0 saturated heterocycles. The molecule has 0 radical (unpaired) electrons. The lowest BCUT2D eigenvalue weighted by atomic mass is 10.0. The first-order chi connectivity index (χ1) is 9.67. The van der Waals surface area contributed by atoms with E-state index in [4.69, 9.17) is 8.85 Å². The molecule has 4 heteroatoms. The lowest BCUT2D eigenvalue weighted by molar-refractivity contribution is 0.122. The molecule has 0 aliphatic rings. The van der Waals surface area contributed by atoms with Crippen molar-refractivity contribution in [3.8, 4) is 0 Å². The maximum atomic E-state index is 11.8. The van der Waals surface area contributed by atoms with Crippen molar-refractivity contribution in [3.05, 3.63) is 0 Å². The van der Waals surface area contributed by atoms with Crippen LogP contribution < -0.4 is 0 Å². The van der Waals surface area contributed by atoms with Crippen LogP contribution in [0.25, 0.3) is 0 Å². The van der Waals surface area contributed by atoms with Crippen molar-refractivity contribution < 1.29 is 13.3 Å². The molecular weight excluding hydrogens is 268 g/mol. The molecule has 0 aliphatic carbocycles. The highest BCUT2D eigenvalue weighted by Gasteiger charge is 2.17. The molecule has 2 atom stereocenters. The summed E-state index contributed by atoms with van der Waals surface area (Å²) >= 11 is 0. The van der Waals surface area contributed by atoms with Crippen molar-refractivity contribution >= 4 is 9.17 Å². The van der Waals surface area contributed by atoms with Gasteiger partial charge in [0.25, 0.3) is 0 Å². The summed E-state index contributed by atoms with van der Waals surface area (Å²) in [5.41, 5.74) is 0. The van der Waals surface area contributed by atoms with Crippen molar-refractivity contribution in [2.24, 2.45) is 11.8 Å². The average molecular weight is 303 g/mol. The Balaban J connectivity index is 3.80. The van der Waals surface area contributed by atoms with Gasteiger partial charge >= 0.3 is 9.17 Å². The van der Waals surface area contributed by atoms with Crippen LogP contribution in [0.3, 0.4) is 0 Å². The summed E-state index contributed by atoms with van der Waals surface area (Å²) in [6.45, 7) is 9.89. The highest BCUT2D eigenvalue weighted by Crippen LogP contribution is 2.14. The van der Waals surface area contributed by atoms with Crippen LogP contribution >= 0.6 is 0 Å². The SMILES string of the molecule is CCCCC(CC)CO[Si](=O)OCC(CC)CCCC. The molecule has 0 N–H and O–H groups in total. The third kappa shape index (κ3) is 10.4. The summed E-state index contributed by atoms with van der Waals surface area (Å²) in [7, 11) is -2.30. The van der Waals surface area contributed by atoms with E-state index in [0.717, 1.165) is 25.7 Å². The Morgan fingerprint density at radius 3 is 1.50 bits per heavy atom. The second-order valence-corrected chi connectivity index (χ2v) is 6.78. The fourth-order valence-corrected chi connectivity index (χ4v) is 3.04. The van der Waals surface area contributed by atoms with Gasteiger partial charge in [0.1, 0.15) is 0 Å². The Kier molecular flexibility index (Phi) is 13.3. The molecule has 0 aromatic carbocycles. The normalized spacial score (nSPS) is 13.8. The van der Waals surface area contributed by atoms with E-state index in [2.05, 4.69) is 27.7 Å². The second-order valence-electron chi connectivity index (χ2n) is 5.71. The molecule has 0 heterocycles. The highest BCUT2D eigenvalue weighted by molar-refractivity contribution is 6.26. The van der Waals surface area contributed by atoms with Crippen LogP contribution in [-0.4, -0.2) is 22.4 Å². The largest absolute Gasteiger partial charge is 0.767 e. The summed E-state index contributed by atoms with van der Waals surface area (Å²) in [4.78, 5) is 0. The lowest BCUT2D eigenvalue weighted by Gasteiger charge is -2.17. The predicted molar refractivity (Wildman–Crippen MR) is 85.0 cm³/mol. The smallest absolute Gasteiger partial charge is 0.496 e. The van der Waals surface area contributed by atoms with E-state index in [0.29, 0.717) is 25.0 Å². The van der Waals surface area contributed by atoms with Crippen LogP contribution in [0.15, 0.2) is 0 Å². The summed E-state index contributed by atoms with van der Waals surface area (Å²) in [5.74, 6) is 1.05. The van der Waals surface area contributed by atoms with Gasteiger partial charge in [-0.3, -0.25) is 4.46 Å². The van der Waals surface area contributed by atoms with E-state index in [1.807, 2.05) is 0 Å². The van der Waals surface area contributed by atoms with Gasteiger partial charge in [-0.05, 0) is 24.7 Å². The maximum absolute atomic E-state index is 11.8. The van der Waals surface area contributed by atoms with E-state index < -0.39 is 9.17 Å². The molecule has 0 rings (SSSR count). The zero-order chi connectivity index (χ0) is 15.2. The van der Waals surface area contributed by atoms with Crippen LogP contribution in [0.5, 0.6) is 0 Å². The van der Waals surface area contributed by atoms with Crippen molar-refractivity contribution in [1.82, 2.24) is 0 Å². The minimum atomic E-state index is -2.30. The van der Waals surface area contributed by atoms with E-state index >= 15 is 0 Å². The van der Waals surface area contributed by atoms with Crippen LogP contribution in [0.1, 0.15) is 79.1 Å². The Labute approximate surface area is 127 Å². The van der Waals surface area contributed by atoms with Gasteiger partial charge in [-0.25, -0.2) is 0 Å². The number of rotatable bonds is 14. The summed E-state index contributed by atoms with van der Waals surface area (Å²) in [6.07, 6.45) is 9.35. The molecule has 3 nitrogen and oxygen atoms in total. The monoisotopic (exact) mass is 302 g/mol. The quantitative estimate of drug-likeness (QED) is 0.429. The maximum Gasteiger partial charge on any atom is 0.767 e. The van der Waals surface area contributed by atoms with Gasteiger partial charge in [0.15, 0.2) is 0 Å². The van der Waals surface area contributed by atoms with Crippen LogP contribution in [0.2, 0.25) is 0 Å². The molecule has 20 heavy (non-hydrogen) atoms. The molecular formula is C16H34O3Si. The third-order valence-corrected chi connectivity index (χ3v) is 4.77. The summed E-state index contributed by atoms with van der Waals surface area (Å²) < 4.78 is 22.6. The van der Waals surface area contributed by atoms with Gasteiger partial charge in [-0.1, -0.05) is 66.2 Å². The lowest BCUT2D eigenvalue weighted by Crippen LogP contribution is -2.21. The Morgan fingerprint density at radius 1 is 0.800 bits per heavy atom. The Morgan fingerprint density at radius 2 is 1.20 bits per heavy atom. The molecule has 0 amide bonds. The van der Waals surface area contributed by atoms with Gasteiger partial charge in [-0.15, -0.1) is 0 Å². The Hall–Kier alpha value is -0.383. The highest BCUT2D eigenvalue weighted by atomic mass is 28.3. The first-order valence-corrected chi connectivity index (χ1v) is 9.69. The molecule has 0 spiro atoms. The third-order valence-electron chi connectivity index (χ3n) is 3.96. The molecule has 0 aliphatic heterocycles. The van der Waals surface area contributed by atoms with Crippen molar-refractivity contribution in [1.29, 1.82) is 0 Å². The van der Waals surface area contributed by atoms with Crippen molar-refractivity contribution in [3.63, 3.8) is 0 Å². The molecule has 2 unspecified atom stereocenters. The number of hydrogen-bond donors (Lipinski definition) is 0. The van der Waals surface area contributed by atoms with Gasteiger partial charge in [-0.2, -0.15) is 0 Å². The zero-order valence-corrected chi connectivity index (χ0v) is 15.0. The molecule has 0 saturated carbocycles. The van der Waals surface area contributed by atoms with E-state index in [1.165, 1.54) is 25.7 Å². The van der Waals surface area contributed by atoms with E-state index in [9.17, 15) is 4.46 Å². The van der Waals surface area contributed by atoms with Crippen molar-refractivity contribution in [2.75, 3.05) is 13.2 Å². The van der Waals surface area contributed by atoms with E-state index in [1.54, 1.807) is 0 Å². The molecule has 0 aromatic heterocycles. The first-order valence-electron chi connectivity index (χ1n) is 8.47. The topological polar surface area (TPSA) is 35.5 Å². The number of hydrogen-bond acceptors (Lipinski definition) is 3. The average Bonchev–Trinajstić information content (AvgIpc) is 2.47. The molecule has 0 aromatic rings.